The molecule has 0 aliphatic heterocycles. The lowest BCUT2D eigenvalue weighted by molar-refractivity contribution is 0.112. The lowest BCUT2D eigenvalue weighted by Crippen LogP contribution is -2.44. The van der Waals surface area contributed by atoms with Crippen LogP contribution in [0.15, 0.2) is 0 Å². The Morgan fingerprint density at radius 1 is 0.314 bits per heavy atom. The summed E-state index contributed by atoms with van der Waals surface area (Å²) in [4.78, 5) is 71.7. The molecule has 4 N–H and O–H groups in total. The van der Waals surface area contributed by atoms with Gasteiger partial charge in [-0.1, -0.05) is 170 Å². The van der Waals surface area contributed by atoms with E-state index in [1.54, 1.807) is 105 Å². The van der Waals surface area contributed by atoms with Crippen molar-refractivity contribution in [3.63, 3.8) is 0 Å². The fourth-order valence-corrected chi connectivity index (χ4v) is 13.9. The number of imide groups is 2. The Morgan fingerprint density at radius 2 is 0.570 bits per heavy atom. The van der Waals surface area contributed by atoms with Crippen molar-refractivity contribution < 1.29 is 47.7 Å². The molecule has 16 nitrogen and oxygen atoms in total. The van der Waals surface area contributed by atoms with E-state index in [1.165, 1.54) is 121 Å². The highest BCUT2D eigenvalue weighted by Gasteiger charge is 2.50. The summed E-state index contributed by atoms with van der Waals surface area (Å²) in [5.74, 6) is 9.60. The van der Waals surface area contributed by atoms with Crippen LogP contribution in [-0.2, 0) is 18.9 Å². The third-order valence-electron chi connectivity index (χ3n) is 18.4. The van der Waals surface area contributed by atoms with E-state index in [9.17, 15) is 28.8 Å². The molecule has 0 aromatic heterocycles. The van der Waals surface area contributed by atoms with E-state index >= 15 is 0 Å². The molecular formula is C70H134N6O10. The number of amides is 8. The number of rotatable bonds is 34. The molecule has 0 aromatic rings. The summed E-state index contributed by atoms with van der Waals surface area (Å²) in [7, 11) is 0. The van der Waals surface area contributed by atoms with Crippen LogP contribution in [-0.4, -0.2) is 112 Å². The van der Waals surface area contributed by atoms with Crippen LogP contribution in [0.3, 0.4) is 0 Å². The van der Waals surface area contributed by atoms with E-state index in [2.05, 4.69) is 62.8 Å². The van der Waals surface area contributed by atoms with Crippen LogP contribution in [0.25, 0.3) is 0 Å². The van der Waals surface area contributed by atoms with Gasteiger partial charge >= 0.3 is 36.4 Å². The van der Waals surface area contributed by atoms with Gasteiger partial charge in [0, 0.05) is 39.3 Å². The van der Waals surface area contributed by atoms with Crippen molar-refractivity contribution in [1.29, 1.82) is 0 Å². The van der Waals surface area contributed by atoms with Gasteiger partial charge in [0.15, 0.2) is 0 Å². The zero-order valence-corrected chi connectivity index (χ0v) is 57.1. The molecule has 6 fully saturated rings. The normalized spacial score (nSPS) is 21.0. The molecule has 0 aromatic carbocycles. The zero-order chi connectivity index (χ0) is 63.4. The topological polar surface area (TPSA) is 194 Å². The van der Waals surface area contributed by atoms with Crippen LogP contribution in [0.4, 0.5) is 28.8 Å². The first-order valence-corrected chi connectivity index (χ1v) is 36.1. The number of alkyl carbamates (subject to hydrolysis) is 2. The van der Waals surface area contributed by atoms with Crippen molar-refractivity contribution in [3.05, 3.63) is 0 Å². The number of unbranched alkanes of at least 4 members (excludes halogenated alkanes) is 18. The minimum absolute atomic E-state index is 0.286. The van der Waals surface area contributed by atoms with E-state index in [-0.39, 0.29) is 37.5 Å². The Balaban J connectivity index is 0.000000528. The van der Waals surface area contributed by atoms with Gasteiger partial charge in [-0.3, -0.25) is 0 Å². The lowest BCUT2D eigenvalue weighted by atomic mass is 9.82. The highest BCUT2D eigenvalue weighted by molar-refractivity contribution is 5.91. The molecule has 16 heteroatoms. The smallest absolute Gasteiger partial charge is 0.417 e. The molecule has 4 bridgehead atoms. The van der Waals surface area contributed by atoms with Crippen molar-refractivity contribution in [2.75, 3.05) is 65.7 Å². The van der Waals surface area contributed by atoms with E-state index in [1.807, 2.05) is 0 Å². The van der Waals surface area contributed by atoms with Gasteiger partial charge in [0.1, 0.15) is 0 Å². The van der Waals surface area contributed by atoms with E-state index in [4.69, 9.17) is 18.9 Å². The molecule has 8 unspecified atom stereocenters. The second-order valence-corrected chi connectivity index (χ2v) is 25.0. The molecule has 8 amide bonds. The third kappa shape index (κ3) is 35.9. The van der Waals surface area contributed by atoms with Crippen LogP contribution in [0, 0.1) is 47.3 Å². The number of carbonyl (C=O) groups is 6. The van der Waals surface area contributed by atoms with Crippen molar-refractivity contribution in [2.24, 2.45) is 47.3 Å². The summed E-state index contributed by atoms with van der Waals surface area (Å²) in [6.07, 6.45) is 43.8. The number of hydrogen-bond donors (Lipinski definition) is 4. The quantitative estimate of drug-likeness (QED) is 0.0356. The number of ether oxygens (including phenoxy) is 4. The lowest BCUT2D eigenvalue weighted by Gasteiger charge is -2.23. The standard InChI is InChI=1S/2C16H32N2O3.2C10H16.2C9H19NO2/c2*1-4-7-9-11-13-17-15(19)18(16(20)21-6-3)14-12-10-8-5-2;2*1-2-9-7-4-5-8(6-7)10(9)3-1;2*1-3-5-6-7-8-10-9(11)12-4-2/h2*4-14H2,1-3H3,(H,17,19);2*7-10H,1-6H2;2*3-8H2,1-2H3,(H,10,11). The summed E-state index contributed by atoms with van der Waals surface area (Å²) in [5, 5.41) is 11.0. The van der Waals surface area contributed by atoms with Crippen LogP contribution in [0.1, 0.15) is 300 Å². The second kappa shape index (κ2) is 54.0. The van der Waals surface area contributed by atoms with Crippen molar-refractivity contribution in [1.82, 2.24) is 31.1 Å². The molecule has 0 radical (unpaired) electrons. The summed E-state index contributed by atoms with van der Waals surface area (Å²) in [6.45, 7) is 25.0. The van der Waals surface area contributed by atoms with E-state index in [0.29, 0.717) is 39.4 Å². The van der Waals surface area contributed by atoms with Gasteiger partial charge in [-0.15, -0.1) is 0 Å². The minimum Gasteiger partial charge on any atom is -0.450 e. The van der Waals surface area contributed by atoms with Crippen LogP contribution in [0.5, 0.6) is 0 Å². The molecule has 0 heterocycles. The van der Waals surface area contributed by atoms with Crippen molar-refractivity contribution in [3.8, 4) is 0 Å². The Kier molecular flexibility index (Phi) is 50.2. The first-order chi connectivity index (χ1) is 41.8. The van der Waals surface area contributed by atoms with Crippen LogP contribution >= 0.6 is 0 Å². The van der Waals surface area contributed by atoms with Crippen LogP contribution in [0.2, 0.25) is 0 Å². The fourth-order valence-electron chi connectivity index (χ4n) is 13.9. The molecule has 6 aliphatic carbocycles. The van der Waals surface area contributed by atoms with E-state index < -0.39 is 12.2 Å². The molecular weight excluding hydrogens is 1080 g/mol. The number of nitrogens with one attached hydrogen (secondary N) is 4. The Morgan fingerprint density at radius 3 is 0.826 bits per heavy atom. The van der Waals surface area contributed by atoms with Gasteiger partial charge in [-0.25, -0.2) is 38.6 Å². The molecule has 86 heavy (non-hydrogen) atoms. The van der Waals surface area contributed by atoms with Gasteiger partial charge < -0.3 is 40.2 Å². The number of nitrogens with zero attached hydrogens (tertiary/aromatic N) is 2. The Hall–Kier alpha value is -3.98. The second-order valence-electron chi connectivity index (χ2n) is 25.0. The molecule has 6 saturated carbocycles. The molecule has 504 valence electrons. The van der Waals surface area contributed by atoms with Crippen molar-refractivity contribution in [2.45, 2.75) is 300 Å². The highest BCUT2D eigenvalue weighted by Crippen LogP contribution is 2.59. The minimum atomic E-state index is -0.542. The van der Waals surface area contributed by atoms with Gasteiger partial charge in [0.05, 0.1) is 26.4 Å². The summed E-state index contributed by atoms with van der Waals surface area (Å²) in [6, 6.07) is -0.664. The molecule has 0 spiro atoms. The average Bonchev–Trinajstić information content (AvgIpc) is 1.85. The third-order valence-corrected chi connectivity index (χ3v) is 18.4. The SMILES string of the molecule is C1CC2C3CCC(C3)C2C1.C1CC2C3CCC(C3)C2C1.CCCCCCNC(=O)N(CCCCCC)C(=O)OCC.CCCCCCNC(=O)N(CCCCCC)C(=O)OCC.CCCCCCNC(=O)OCC.CCCCCCNC(=O)OCC. The molecule has 6 rings (SSSR count). The predicted octanol–water partition coefficient (Wildman–Crippen LogP) is 18.9. The average molecular weight is 1220 g/mol. The number of hydrogen-bond acceptors (Lipinski definition) is 10. The molecule has 8 atom stereocenters. The number of fused-ring (bicyclic) bond motifs is 10. The number of urea groups is 2. The van der Waals surface area contributed by atoms with E-state index in [0.717, 1.165) is 103 Å². The Labute approximate surface area is 526 Å². The van der Waals surface area contributed by atoms with Crippen molar-refractivity contribution >= 4 is 36.4 Å². The van der Waals surface area contributed by atoms with Gasteiger partial charge in [0.25, 0.3) is 0 Å². The predicted molar refractivity (Wildman–Crippen MR) is 352 cm³/mol. The maximum Gasteiger partial charge on any atom is 0.417 e. The monoisotopic (exact) mass is 1220 g/mol. The maximum atomic E-state index is 12.1. The zero-order valence-electron chi connectivity index (χ0n) is 57.1. The first-order valence-electron chi connectivity index (χ1n) is 36.1. The molecule has 6 aliphatic rings. The van der Waals surface area contributed by atoms with Crippen LogP contribution < -0.4 is 21.3 Å². The summed E-state index contributed by atoms with van der Waals surface area (Å²) in [5.41, 5.74) is 0. The summed E-state index contributed by atoms with van der Waals surface area (Å²) >= 11 is 0. The maximum absolute atomic E-state index is 12.1. The van der Waals surface area contributed by atoms with Gasteiger partial charge in [-0.2, -0.15) is 0 Å². The fraction of sp³-hybridized carbons (Fsp3) is 0.914. The van der Waals surface area contributed by atoms with Gasteiger partial charge in [-0.05, 0) is 178 Å². The Bertz CT molecular complexity index is 1560. The summed E-state index contributed by atoms with van der Waals surface area (Å²) < 4.78 is 19.3. The molecule has 0 saturated heterocycles. The number of carbonyl (C=O) groups excluding carboxylic acids is 6. The largest absolute Gasteiger partial charge is 0.450 e. The van der Waals surface area contributed by atoms with Gasteiger partial charge in [0.2, 0.25) is 0 Å². The first kappa shape index (κ1) is 80.0. The highest BCUT2D eigenvalue weighted by atomic mass is 16.6.